The van der Waals surface area contributed by atoms with E-state index in [1.165, 1.54) is 0 Å². The quantitative estimate of drug-likeness (QED) is 0.859. The zero-order valence-electron chi connectivity index (χ0n) is 9.04. The Morgan fingerprint density at radius 2 is 1.89 bits per heavy atom. The molecule has 98 valence electrons. The van der Waals surface area contributed by atoms with Gasteiger partial charge in [0.1, 0.15) is 0 Å². The standard InChI is InChI=1S/C10H8F3NO4/c1-18-9(17)14-7-3-5(8(15)16)2-6(4-7)10(11,12)13/h2-4H,1H3,(H,14,17)(H,15,16). The van der Waals surface area contributed by atoms with Crippen LogP contribution < -0.4 is 5.32 Å². The third-order valence-corrected chi connectivity index (χ3v) is 1.94. The van der Waals surface area contributed by atoms with Crippen LogP contribution in [0.15, 0.2) is 18.2 Å². The number of nitrogens with one attached hydrogen (secondary N) is 1. The van der Waals surface area contributed by atoms with Crippen LogP contribution in [0.2, 0.25) is 0 Å². The normalized spacial score (nSPS) is 10.9. The van der Waals surface area contributed by atoms with Crippen LogP contribution in [0.25, 0.3) is 0 Å². The molecular weight excluding hydrogens is 255 g/mol. The minimum absolute atomic E-state index is 0.311. The van der Waals surface area contributed by atoms with Gasteiger partial charge in [-0.2, -0.15) is 13.2 Å². The molecule has 0 aliphatic rings. The topological polar surface area (TPSA) is 75.6 Å². The second kappa shape index (κ2) is 4.94. The first-order valence-corrected chi connectivity index (χ1v) is 4.54. The average Bonchev–Trinajstić information content (AvgIpc) is 2.27. The van der Waals surface area contributed by atoms with Crippen molar-refractivity contribution in [2.45, 2.75) is 6.18 Å². The van der Waals surface area contributed by atoms with Crippen LogP contribution in [0.3, 0.4) is 0 Å². The van der Waals surface area contributed by atoms with Gasteiger partial charge < -0.3 is 9.84 Å². The Bertz CT molecular complexity index is 485. The highest BCUT2D eigenvalue weighted by molar-refractivity contribution is 5.91. The van der Waals surface area contributed by atoms with Gasteiger partial charge in [0.2, 0.25) is 0 Å². The maximum absolute atomic E-state index is 12.5. The summed E-state index contributed by atoms with van der Waals surface area (Å²) in [6.45, 7) is 0. The molecule has 0 unspecified atom stereocenters. The number of carboxylic acids is 1. The Balaban J connectivity index is 3.22. The zero-order chi connectivity index (χ0) is 13.9. The summed E-state index contributed by atoms with van der Waals surface area (Å²) in [6, 6.07) is 1.99. The van der Waals surface area contributed by atoms with Crippen molar-refractivity contribution in [1.29, 1.82) is 0 Å². The number of amides is 1. The number of benzene rings is 1. The summed E-state index contributed by atoms with van der Waals surface area (Å²) < 4.78 is 41.7. The van der Waals surface area contributed by atoms with Crippen LogP contribution in [0.4, 0.5) is 23.7 Å². The molecule has 2 N–H and O–H groups in total. The number of carboxylic acid groups (broad SMARTS) is 1. The molecule has 5 nitrogen and oxygen atoms in total. The Kier molecular flexibility index (Phi) is 3.79. The minimum atomic E-state index is -4.71. The molecule has 0 bridgehead atoms. The predicted octanol–water partition coefficient (Wildman–Crippen LogP) is 2.58. The number of halogens is 3. The SMILES string of the molecule is COC(=O)Nc1cc(C(=O)O)cc(C(F)(F)F)c1. The van der Waals surface area contributed by atoms with Crippen LogP contribution in [0, 0.1) is 0 Å². The predicted molar refractivity (Wildman–Crippen MR) is 54.4 cm³/mol. The number of hydrogen-bond acceptors (Lipinski definition) is 3. The number of aromatic carboxylic acids is 1. The van der Waals surface area contributed by atoms with E-state index >= 15 is 0 Å². The summed E-state index contributed by atoms with van der Waals surface area (Å²) in [5.74, 6) is -1.53. The second-order valence-electron chi connectivity index (χ2n) is 3.22. The van der Waals surface area contributed by atoms with Crippen molar-refractivity contribution in [3.05, 3.63) is 29.3 Å². The van der Waals surface area contributed by atoms with Gasteiger partial charge in [0.15, 0.2) is 0 Å². The van der Waals surface area contributed by atoms with E-state index in [1.807, 2.05) is 5.32 Å². The van der Waals surface area contributed by atoms with Crippen LogP contribution >= 0.6 is 0 Å². The second-order valence-corrected chi connectivity index (χ2v) is 3.22. The van der Waals surface area contributed by atoms with Gasteiger partial charge in [0.25, 0.3) is 0 Å². The minimum Gasteiger partial charge on any atom is -0.478 e. The highest BCUT2D eigenvalue weighted by atomic mass is 19.4. The lowest BCUT2D eigenvalue weighted by Gasteiger charge is -2.11. The van der Waals surface area contributed by atoms with E-state index in [9.17, 15) is 22.8 Å². The molecule has 18 heavy (non-hydrogen) atoms. The van der Waals surface area contributed by atoms with Crippen LogP contribution in [0.5, 0.6) is 0 Å². The van der Waals surface area contributed by atoms with E-state index in [2.05, 4.69) is 4.74 Å². The fourth-order valence-corrected chi connectivity index (χ4v) is 1.16. The Hall–Kier alpha value is -2.25. The highest BCUT2D eigenvalue weighted by Crippen LogP contribution is 2.32. The van der Waals surface area contributed by atoms with E-state index in [1.54, 1.807) is 0 Å². The Morgan fingerprint density at radius 1 is 1.28 bits per heavy atom. The van der Waals surface area contributed by atoms with E-state index in [-0.39, 0.29) is 5.69 Å². The maximum atomic E-state index is 12.5. The molecule has 0 atom stereocenters. The van der Waals surface area contributed by atoms with Crippen molar-refractivity contribution in [3.63, 3.8) is 0 Å². The molecule has 0 spiro atoms. The fraction of sp³-hybridized carbons (Fsp3) is 0.200. The average molecular weight is 263 g/mol. The number of carbonyl (C=O) groups excluding carboxylic acids is 1. The molecule has 0 aliphatic heterocycles. The lowest BCUT2D eigenvalue weighted by Crippen LogP contribution is -2.14. The first-order chi connectivity index (χ1) is 8.24. The van der Waals surface area contributed by atoms with Crippen molar-refractivity contribution in [3.8, 4) is 0 Å². The monoisotopic (exact) mass is 263 g/mol. The zero-order valence-corrected chi connectivity index (χ0v) is 9.04. The summed E-state index contributed by atoms with van der Waals surface area (Å²) in [4.78, 5) is 21.5. The number of anilines is 1. The van der Waals surface area contributed by atoms with E-state index in [4.69, 9.17) is 5.11 Å². The van der Waals surface area contributed by atoms with Gasteiger partial charge in [-0.05, 0) is 18.2 Å². The molecule has 0 saturated heterocycles. The van der Waals surface area contributed by atoms with E-state index < -0.39 is 29.4 Å². The molecule has 1 aromatic rings. The van der Waals surface area contributed by atoms with E-state index in [0.717, 1.165) is 13.2 Å². The summed E-state index contributed by atoms with van der Waals surface area (Å²) >= 11 is 0. The Labute approximate surface area is 99.2 Å². The van der Waals surface area contributed by atoms with Gasteiger partial charge >= 0.3 is 18.2 Å². The van der Waals surface area contributed by atoms with Gasteiger partial charge in [-0.15, -0.1) is 0 Å². The molecule has 0 fully saturated rings. The maximum Gasteiger partial charge on any atom is 0.416 e. The lowest BCUT2D eigenvalue weighted by molar-refractivity contribution is -0.137. The molecule has 0 aromatic heterocycles. The Morgan fingerprint density at radius 3 is 2.33 bits per heavy atom. The number of ether oxygens (including phenoxy) is 1. The first-order valence-electron chi connectivity index (χ1n) is 4.54. The molecule has 0 saturated carbocycles. The summed E-state index contributed by atoms with van der Waals surface area (Å²) in [5.41, 5.74) is -2.07. The van der Waals surface area contributed by atoms with Crippen LogP contribution in [0.1, 0.15) is 15.9 Å². The number of rotatable bonds is 2. The highest BCUT2D eigenvalue weighted by Gasteiger charge is 2.32. The number of methoxy groups -OCH3 is 1. The lowest BCUT2D eigenvalue weighted by atomic mass is 10.1. The van der Waals surface area contributed by atoms with Crippen LogP contribution in [-0.4, -0.2) is 24.3 Å². The van der Waals surface area contributed by atoms with Gasteiger partial charge in [0.05, 0.1) is 18.2 Å². The fourth-order valence-electron chi connectivity index (χ4n) is 1.16. The van der Waals surface area contributed by atoms with Gasteiger partial charge in [-0.25, -0.2) is 9.59 Å². The van der Waals surface area contributed by atoms with Crippen LogP contribution in [-0.2, 0) is 10.9 Å². The third-order valence-electron chi connectivity index (χ3n) is 1.94. The molecule has 0 radical (unpaired) electrons. The van der Waals surface area contributed by atoms with Gasteiger partial charge in [-0.3, -0.25) is 5.32 Å². The van der Waals surface area contributed by atoms with Gasteiger partial charge in [-0.1, -0.05) is 0 Å². The molecule has 0 heterocycles. The summed E-state index contributed by atoms with van der Waals surface area (Å²) in [6.07, 6.45) is -5.71. The molecule has 1 amide bonds. The molecule has 1 aromatic carbocycles. The summed E-state index contributed by atoms with van der Waals surface area (Å²) in [7, 11) is 1.03. The first kappa shape index (κ1) is 13.8. The number of hydrogen-bond donors (Lipinski definition) is 2. The molecule has 8 heteroatoms. The number of carbonyl (C=O) groups is 2. The smallest absolute Gasteiger partial charge is 0.416 e. The van der Waals surface area contributed by atoms with Crippen molar-refractivity contribution in [2.75, 3.05) is 12.4 Å². The van der Waals surface area contributed by atoms with E-state index in [0.29, 0.717) is 12.1 Å². The largest absolute Gasteiger partial charge is 0.478 e. The third kappa shape index (κ3) is 3.37. The molecular formula is C10H8F3NO4. The van der Waals surface area contributed by atoms with Crippen molar-refractivity contribution in [1.82, 2.24) is 0 Å². The molecule has 1 rings (SSSR count). The number of alkyl halides is 3. The molecule has 0 aliphatic carbocycles. The summed E-state index contributed by atoms with van der Waals surface area (Å²) in [5, 5.41) is 10.7. The van der Waals surface area contributed by atoms with Gasteiger partial charge in [0, 0.05) is 5.69 Å². The van der Waals surface area contributed by atoms with Crippen molar-refractivity contribution in [2.24, 2.45) is 0 Å². The van der Waals surface area contributed by atoms with Crippen molar-refractivity contribution >= 4 is 17.7 Å². The van der Waals surface area contributed by atoms with Crippen molar-refractivity contribution < 1.29 is 32.6 Å².